The molecule has 0 saturated carbocycles. The second-order valence-electron chi connectivity index (χ2n) is 7.72. The van der Waals surface area contributed by atoms with Gasteiger partial charge in [-0.25, -0.2) is 0 Å². The van der Waals surface area contributed by atoms with E-state index in [0.717, 1.165) is 18.4 Å². The van der Waals surface area contributed by atoms with Crippen molar-refractivity contribution in [1.29, 1.82) is 0 Å². The Hall–Kier alpha value is -2.12. The van der Waals surface area contributed by atoms with Crippen LogP contribution < -0.4 is 11.1 Å². The van der Waals surface area contributed by atoms with Gasteiger partial charge in [-0.3, -0.25) is 14.4 Å². The summed E-state index contributed by atoms with van der Waals surface area (Å²) in [6.45, 7) is 6.23. The van der Waals surface area contributed by atoms with Crippen LogP contribution in [-0.4, -0.2) is 60.7 Å². The van der Waals surface area contributed by atoms with E-state index in [1.807, 2.05) is 26.0 Å². The molecule has 3 N–H and O–H groups in total. The van der Waals surface area contributed by atoms with E-state index in [2.05, 4.69) is 5.32 Å². The lowest BCUT2D eigenvalue weighted by Crippen LogP contribution is -2.46. The Balaban J connectivity index is 0.00000420. The van der Waals surface area contributed by atoms with Gasteiger partial charge in [-0.1, -0.05) is 26.0 Å². The van der Waals surface area contributed by atoms with Gasteiger partial charge >= 0.3 is 0 Å². The van der Waals surface area contributed by atoms with Gasteiger partial charge in [-0.2, -0.15) is 0 Å². The van der Waals surface area contributed by atoms with Crippen LogP contribution in [0.3, 0.4) is 0 Å². The predicted octanol–water partition coefficient (Wildman–Crippen LogP) is 1.65. The zero-order valence-electron chi connectivity index (χ0n) is 17.5. The Morgan fingerprint density at radius 1 is 1.24 bits per heavy atom. The van der Waals surface area contributed by atoms with Crippen molar-refractivity contribution >= 4 is 30.1 Å². The Bertz CT molecular complexity index is 694. The first-order chi connectivity index (χ1) is 13.3. The average molecular weight is 425 g/mol. The number of piperidine rings is 1. The van der Waals surface area contributed by atoms with Crippen molar-refractivity contribution in [2.75, 3.05) is 33.2 Å². The Morgan fingerprint density at radius 2 is 1.90 bits per heavy atom. The molecule has 0 spiro atoms. The molecule has 29 heavy (non-hydrogen) atoms. The molecule has 8 heteroatoms. The molecule has 1 atom stereocenters. The number of nitrogens with one attached hydrogen (secondary N) is 1. The van der Waals surface area contributed by atoms with Gasteiger partial charge in [0.2, 0.25) is 11.8 Å². The van der Waals surface area contributed by atoms with Gasteiger partial charge in [0.15, 0.2) is 0 Å². The van der Waals surface area contributed by atoms with Crippen LogP contribution in [0.25, 0.3) is 0 Å². The van der Waals surface area contributed by atoms with Crippen LogP contribution in [-0.2, 0) is 16.1 Å². The lowest BCUT2D eigenvalue weighted by Gasteiger charge is -2.32. The van der Waals surface area contributed by atoms with E-state index in [4.69, 9.17) is 5.73 Å². The fraction of sp³-hybridized carbons (Fsp3) is 0.571. The van der Waals surface area contributed by atoms with E-state index in [0.29, 0.717) is 38.3 Å². The van der Waals surface area contributed by atoms with E-state index in [9.17, 15) is 14.4 Å². The zero-order chi connectivity index (χ0) is 20.7. The minimum absolute atomic E-state index is 0. The highest BCUT2D eigenvalue weighted by molar-refractivity contribution is 5.94. The molecule has 7 nitrogen and oxygen atoms in total. The van der Waals surface area contributed by atoms with Crippen molar-refractivity contribution in [2.45, 2.75) is 33.2 Å². The SMILES string of the molecule is CC(C)C(=O)N(C)Cc1ccc(C(=O)N2CCCC(C(=O)NCCN)C2)cc1.Cl. The molecule has 162 valence electrons. The first kappa shape index (κ1) is 24.9. The molecule has 1 heterocycles. The van der Waals surface area contributed by atoms with Crippen LogP contribution in [0.5, 0.6) is 0 Å². The fourth-order valence-electron chi connectivity index (χ4n) is 3.44. The predicted molar refractivity (Wildman–Crippen MR) is 116 cm³/mol. The average Bonchev–Trinajstić information content (AvgIpc) is 2.71. The van der Waals surface area contributed by atoms with Gasteiger partial charge in [-0.15, -0.1) is 12.4 Å². The molecular formula is C21H33ClN4O3. The third-order valence-electron chi connectivity index (χ3n) is 5.01. The van der Waals surface area contributed by atoms with E-state index in [1.165, 1.54) is 0 Å². The minimum Gasteiger partial charge on any atom is -0.355 e. The molecule has 2 rings (SSSR count). The van der Waals surface area contributed by atoms with Gasteiger partial charge in [0.25, 0.3) is 5.91 Å². The lowest BCUT2D eigenvalue weighted by atomic mass is 9.96. The number of rotatable bonds is 7. The maximum absolute atomic E-state index is 12.8. The smallest absolute Gasteiger partial charge is 0.253 e. The number of likely N-dealkylation sites (tertiary alicyclic amines) is 1. The second kappa shape index (κ2) is 11.8. The molecule has 0 aromatic heterocycles. The molecule has 0 aliphatic carbocycles. The minimum atomic E-state index is -0.181. The molecule has 1 aromatic rings. The van der Waals surface area contributed by atoms with Gasteiger partial charge in [0, 0.05) is 51.3 Å². The number of carbonyl (C=O) groups excluding carboxylic acids is 3. The van der Waals surface area contributed by atoms with Crippen molar-refractivity contribution in [2.24, 2.45) is 17.6 Å². The third-order valence-corrected chi connectivity index (χ3v) is 5.01. The number of halogens is 1. The van der Waals surface area contributed by atoms with Crippen molar-refractivity contribution in [3.05, 3.63) is 35.4 Å². The van der Waals surface area contributed by atoms with E-state index < -0.39 is 0 Å². The van der Waals surface area contributed by atoms with Crippen molar-refractivity contribution in [3.8, 4) is 0 Å². The standard InChI is InChI=1S/C21H32N4O3.ClH/c1-15(2)20(27)24(3)13-16-6-8-17(9-7-16)21(28)25-12-4-5-18(14-25)19(26)23-11-10-22;/h6-9,15,18H,4-5,10-14,22H2,1-3H3,(H,23,26);1H. The van der Waals surface area contributed by atoms with Gasteiger partial charge in [-0.05, 0) is 30.5 Å². The lowest BCUT2D eigenvalue weighted by molar-refractivity contribution is -0.133. The Labute approximate surface area is 179 Å². The van der Waals surface area contributed by atoms with Crippen LogP contribution in [0, 0.1) is 11.8 Å². The molecule has 1 aromatic carbocycles. The normalized spacial score (nSPS) is 16.2. The summed E-state index contributed by atoms with van der Waals surface area (Å²) in [7, 11) is 1.78. The molecule has 1 fully saturated rings. The number of hydrogen-bond acceptors (Lipinski definition) is 4. The molecule has 1 saturated heterocycles. The summed E-state index contributed by atoms with van der Waals surface area (Å²) in [5, 5.41) is 2.81. The Kier molecular flexibility index (Phi) is 10.1. The van der Waals surface area contributed by atoms with E-state index >= 15 is 0 Å². The highest BCUT2D eigenvalue weighted by Gasteiger charge is 2.28. The highest BCUT2D eigenvalue weighted by Crippen LogP contribution is 2.19. The molecule has 0 radical (unpaired) electrons. The maximum Gasteiger partial charge on any atom is 0.253 e. The molecule has 1 aliphatic rings. The van der Waals surface area contributed by atoms with Crippen LogP contribution in [0.2, 0.25) is 0 Å². The number of amides is 3. The summed E-state index contributed by atoms with van der Waals surface area (Å²) in [5.74, 6) is -0.225. The largest absolute Gasteiger partial charge is 0.355 e. The quantitative estimate of drug-likeness (QED) is 0.695. The first-order valence-corrected chi connectivity index (χ1v) is 9.94. The highest BCUT2D eigenvalue weighted by atomic mass is 35.5. The third kappa shape index (κ3) is 7.01. The summed E-state index contributed by atoms with van der Waals surface area (Å²) < 4.78 is 0. The monoisotopic (exact) mass is 424 g/mol. The topological polar surface area (TPSA) is 95.7 Å². The summed E-state index contributed by atoms with van der Waals surface area (Å²) in [6.07, 6.45) is 1.60. The Morgan fingerprint density at radius 3 is 2.48 bits per heavy atom. The van der Waals surface area contributed by atoms with Gasteiger partial charge in [0.05, 0.1) is 5.92 Å². The first-order valence-electron chi connectivity index (χ1n) is 9.94. The van der Waals surface area contributed by atoms with Crippen LogP contribution in [0.1, 0.15) is 42.6 Å². The van der Waals surface area contributed by atoms with Gasteiger partial charge < -0.3 is 20.9 Å². The molecule has 1 unspecified atom stereocenters. The molecular weight excluding hydrogens is 392 g/mol. The second-order valence-corrected chi connectivity index (χ2v) is 7.72. The number of nitrogens with zero attached hydrogens (tertiary/aromatic N) is 2. The number of hydrogen-bond donors (Lipinski definition) is 2. The zero-order valence-corrected chi connectivity index (χ0v) is 18.3. The summed E-state index contributed by atoms with van der Waals surface area (Å²) in [4.78, 5) is 40.4. The summed E-state index contributed by atoms with van der Waals surface area (Å²) >= 11 is 0. The molecule has 3 amide bonds. The van der Waals surface area contributed by atoms with Crippen LogP contribution in [0.15, 0.2) is 24.3 Å². The van der Waals surface area contributed by atoms with Gasteiger partial charge in [0.1, 0.15) is 0 Å². The number of benzene rings is 1. The van der Waals surface area contributed by atoms with Crippen molar-refractivity contribution in [3.63, 3.8) is 0 Å². The number of carbonyl (C=O) groups is 3. The van der Waals surface area contributed by atoms with E-state index in [-0.39, 0.29) is 42.0 Å². The van der Waals surface area contributed by atoms with Crippen LogP contribution in [0.4, 0.5) is 0 Å². The van der Waals surface area contributed by atoms with Crippen LogP contribution >= 0.6 is 12.4 Å². The molecule has 0 bridgehead atoms. The van der Waals surface area contributed by atoms with Crippen molar-refractivity contribution < 1.29 is 14.4 Å². The fourth-order valence-corrected chi connectivity index (χ4v) is 3.44. The maximum atomic E-state index is 12.8. The van der Waals surface area contributed by atoms with Crippen molar-refractivity contribution in [1.82, 2.24) is 15.1 Å². The number of nitrogens with two attached hydrogens (primary N) is 1. The van der Waals surface area contributed by atoms with E-state index in [1.54, 1.807) is 29.0 Å². The summed E-state index contributed by atoms with van der Waals surface area (Å²) in [5.41, 5.74) is 7.01. The summed E-state index contributed by atoms with van der Waals surface area (Å²) in [6, 6.07) is 7.35. The molecule has 1 aliphatic heterocycles.